The molecule has 132 valence electrons. The Morgan fingerprint density at radius 2 is 1.85 bits per heavy atom. The Kier molecular flexibility index (Phi) is 5.43. The van der Waals surface area contributed by atoms with E-state index in [1.165, 1.54) is 12.4 Å². The Balaban J connectivity index is 1.63. The second kappa shape index (κ2) is 8.11. The van der Waals surface area contributed by atoms with E-state index in [1.54, 1.807) is 24.3 Å². The van der Waals surface area contributed by atoms with E-state index in [4.69, 9.17) is 4.74 Å². The first-order valence-electron chi connectivity index (χ1n) is 8.34. The summed E-state index contributed by atoms with van der Waals surface area (Å²) in [7, 11) is 0. The van der Waals surface area contributed by atoms with Crippen LogP contribution in [-0.4, -0.2) is 22.5 Å². The van der Waals surface area contributed by atoms with Crippen LogP contribution in [-0.2, 0) is 0 Å². The number of hydrogen-bond donors (Lipinski definition) is 2. The zero-order valence-electron chi connectivity index (χ0n) is 14.7. The average molecular weight is 348 g/mol. The van der Waals surface area contributed by atoms with Crippen molar-refractivity contribution >= 4 is 23.1 Å². The highest BCUT2D eigenvalue weighted by Crippen LogP contribution is 2.17. The quantitative estimate of drug-likeness (QED) is 0.699. The van der Waals surface area contributed by atoms with Gasteiger partial charge in [0.15, 0.2) is 0 Å². The van der Waals surface area contributed by atoms with Crippen molar-refractivity contribution in [3.05, 3.63) is 72.2 Å². The lowest BCUT2D eigenvalue weighted by Crippen LogP contribution is -2.14. The van der Waals surface area contributed by atoms with Gasteiger partial charge in [0.2, 0.25) is 0 Å². The Morgan fingerprint density at radius 3 is 2.50 bits per heavy atom. The number of rotatable bonds is 6. The predicted octanol–water partition coefficient (Wildman–Crippen LogP) is 4.18. The van der Waals surface area contributed by atoms with Crippen molar-refractivity contribution in [2.45, 2.75) is 13.8 Å². The van der Waals surface area contributed by atoms with Gasteiger partial charge in [-0.25, -0.2) is 9.97 Å². The zero-order valence-corrected chi connectivity index (χ0v) is 14.7. The van der Waals surface area contributed by atoms with Gasteiger partial charge in [0.1, 0.15) is 17.3 Å². The van der Waals surface area contributed by atoms with Gasteiger partial charge in [-0.05, 0) is 55.8 Å². The molecule has 1 aromatic heterocycles. The van der Waals surface area contributed by atoms with E-state index in [2.05, 4.69) is 20.6 Å². The van der Waals surface area contributed by atoms with Gasteiger partial charge in [0, 0.05) is 11.4 Å². The number of aromatic nitrogens is 2. The number of aryl methyl sites for hydroxylation is 1. The van der Waals surface area contributed by atoms with E-state index in [9.17, 15) is 4.79 Å². The summed E-state index contributed by atoms with van der Waals surface area (Å²) < 4.78 is 5.38. The molecule has 0 radical (unpaired) electrons. The number of nitrogens with one attached hydrogen (secondary N) is 2. The van der Waals surface area contributed by atoms with E-state index in [-0.39, 0.29) is 11.6 Å². The normalized spacial score (nSPS) is 10.2. The molecule has 1 heterocycles. The van der Waals surface area contributed by atoms with Crippen LogP contribution in [0, 0.1) is 6.92 Å². The van der Waals surface area contributed by atoms with Gasteiger partial charge in [-0.2, -0.15) is 0 Å². The third kappa shape index (κ3) is 4.57. The Hall–Kier alpha value is -3.41. The van der Waals surface area contributed by atoms with Gasteiger partial charge in [-0.1, -0.05) is 12.1 Å². The maximum absolute atomic E-state index is 12.3. The largest absolute Gasteiger partial charge is 0.494 e. The third-order valence-electron chi connectivity index (χ3n) is 3.60. The maximum atomic E-state index is 12.3. The number of carbonyl (C=O) groups is 1. The fourth-order valence-corrected chi connectivity index (χ4v) is 2.38. The van der Waals surface area contributed by atoms with Crippen LogP contribution in [0.25, 0.3) is 0 Å². The molecule has 3 aromatic rings. The highest BCUT2D eigenvalue weighted by atomic mass is 16.5. The van der Waals surface area contributed by atoms with Crippen LogP contribution in [0.1, 0.15) is 23.0 Å². The van der Waals surface area contributed by atoms with Gasteiger partial charge < -0.3 is 15.4 Å². The van der Waals surface area contributed by atoms with Crippen molar-refractivity contribution in [3.8, 4) is 5.75 Å². The van der Waals surface area contributed by atoms with Crippen LogP contribution >= 0.6 is 0 Å². The second-order valence-corrected chi connectivity index (χ2v) is 5.69. The van der Waals surface area contributed by atoms with E-state index >= 15 is 0 Å². The molecule has 0 aliphatic rings. The van der Waals surface area contributed by atoms with Gasteiger partial charge >= 0.3 is 0 Å². The number of hydrogen-bond acceptors (Lipinski definition) is 5. The second-order valence-electron chi connectivity index (χ2n) is 5.69. The Labute approximate surface area is 152 Å². The molecule has 6 nitrogen and oxygen atoms in total. The molecule has 0 atom stereocenters. The zero-order chi connectivity index (χ0) is 18.4. The number of ether oxygens (including phenoxy) is 1. The summed E-state index contributed by atoms with van der Waals surface area (Å²) in [5.41, 5.74) is 2.98. The molecule has 0 aliphatic carbocycles. The topological polar surface area (TPSA) is 76.1 Å². The van der Waals surface area contributed by atoms with Crippen molar-refractivity contribution < 1.29 is 9.53 Å². The molecule has 26 heavy (non-hydrogen) atoms. The lowest BCUT2D eigenvalue weighted by atomic mass is 10.2. The Morgan fingerprint density at radius 1 is 1.04 bits per heavy atom. The molecule has 0 aliphatic heterocycles. The summed E-state index contributed by atoms with van der Waals surface area (Å²) >= 11 is 0. The van der Waals surface area contributed by atoms with Crippen molar-refractivity contribution in [3.63, 3.8) is 0 Å². The summed E-state index contributed by atoms with van der Waals surface area (Å²) in [4.78, 5) is 20.7. The average Bonchev–Trinajstić information content (AvgIpc) is 2.64. The van der Waals surface area contributed by atoms with Gasteiger partial charge in [0.05, 0.1) is 19.0 Å². The highest BCUT2D eigenvalue weighted by Gasteiger charge is 2.09. The van der Waals surface area contributed by atoms with Crippen molar-refractivity contribution in [2.75, 3.05) is 17.2 Å². The lowest BCUT2D eigenvalue weighted by molar-refractivity contribution is 0.102. The van der Waals surface area contributed by atoms with Crippen LogP contribution < -0.4 is 15.4 Å². The smallest absolute Gasteiger partial charge is 0.275 e. The molecule has 2 N–H and O–H groups in total. The lowest BCUT2D eigenvalue weighted by Gasteiger charge is -2.08. The van der Waals surface area contributed by atoms with Crippen LogP contribution in [0.5, 0.6) is 5.75 Å². The van der Waals surface area contributed by atoms with Crippen LogP contribution in [0.4, 0.5) is 17.2 Å². The molecule has 3 rings (SSSR count). The molecular weight excluding hydrogens is 328 g/mol. The number of nitrogens with zero attached hydrogens (tertiary/aromatic N) is 2. The molecular formula is C20H20N4O2. The van der Waals surface area contributed by atoms with E-state index < -0.39 is 0 Å². The molecule has 0 spiro atoms. The van der Waals surface area contributed by atoms with Crippen LogP contribution in [0.2, 0.25) is 0 Å². The minimum absolute atomic E-state index is 0.244. The van der Waals surface area contributed by atoms with E-state index in [0.29, 0.717) is 18.1 Å². The van der Waals surface area contributed by atoms with Crippen LogP contribution in [0.15, 0.2) is 60.9 Å². The third-order valence-corrected chi connectivity index (χ3v) is 3.60. The van der Waals surface area contributed by atoms with Gasteiger partial charge in [0.25, 0.3) is 5.91 Å². The summed E-state index contributed by atoms with van der Waals surface area (Å²) in [5.74, 6) is 1.02. The summed E-state index contributed by atoms with van der Waals surface area (Å²) in [6.07, 6.45) is 2.98. The highest BCUT2D eigenvalue weighted by molar-refractivity contribution is 6.02. The first-order valence-corrected chi connectivity index (χ1v) is 8.34. The summed E-state index contributed by atoms with van der Waals surface area (Å²) in [6.45, 7) is 4.54. The molecule has 6 heteroatoms. The molecule has 1 amide bonds. The molecule has 0 saturated heterocycles. The molecule has 0 bridgehead atoms. The maximum Gasteiger partial charge on any atom is 0.275 e. The summed E-state index contributed by atoms with van der Waals surface area (Å²) in [5, 5.41) is 5.95. The number of carbonyl (C=O) groups excluding carboxylic acids is 1. The van der Waals surface area contributed by atoms with E-state index in [1.807, 2.05) is 38.1 Å². The van der Waals surface area contributed by atoms with E-state index in [0.717, 1.165) is 17.0 Å². The van der Waals surface area contributed by atoms with Crippen molar-refractivity contribution in [1.82, 2.24) is 9.97 Å². The number of amides is 1. The van der Waals surface area contributed by atoms with Crippen LogP contribution in [0.3, 0.4) is 0 Å². The van der Waals surface area contributed by atoms with Crippen molar-refractivity contribution in [2.24, 2.45) is 0 Å². The monoisotopic (exact) mass is 348 g/mol. The SMILES string of the molecule is CCOc1ccc(NC(=O)c2cnc(Nc3cccc(C)c3)cn2)cc1. The first kappa shape index (κ1) is 17.4. The fraction of sp³-hybridized carbons (Fsp3) is 0.150. The van der Waals surface area contributed by atoms with Crippen molar-refractivity contribution in [1.29, 1.82) is 0 Å². The molecule has 0 unspecified atom stereocenters. The van der Waals surface area contributed by atoms with Gasteiger partial charge in [-0.15, -0.1) is 0 Å². The number of anilines is 3. The molecule has 0 saturated carbocycles. The summed E-state index contributed by atoms with van der Waals surface area (Å²) in [6, 6.07) is 15.1. The minimum atomic E-state index is -0.316. The number of benzene rings is 2. The Bertz CT molecular complexity index is 877. The molecule has 2 aromatic carbocycles. The predicted molar refractivity (Wildman–Crippen MR) is 102 cm³/mol. The fourth-order valence-electron chi connectivity index (χ4n) is 2.38. The van der Waals surface area contributed by atoms with Gasteiger partial charge in [-0.3, -0.25) is 4.79 Å². The molecule has 0 fully saturated rings. The minimum Gasteiger partial charge on any atom is -0.494 e. The standard InChI is InChI=1S/C20H20N4O2/c1-3-26-17-9-7-15(8-10-17)24-20(25)18-12-22-19(13-21-18)23-16-6-4-5-14(2)11-16/h4-13H,3H2,1-2H3,(H,22,23)(H,24,25). The first-order chi connectivity index (χ1) is 12.6.